The highest BCUT2D eigenvalue weighted by Gasteiger charge is 2.51. The van der Waals surface area contributed by atoms with Crippen LogP contribution in [0.3, 0.4) is 0 Å². The molecule has 0 bridgehead atoms. The fraction of sp³-hybridized carbons (Fsp3) is 0.583. The number of aromatic nitrogens is 2. The molecule has 54 heavy (non-hydrogen) atoms. The van der Waals surface area contributed by atoms with Gasteiger partial charge in [0.15, 0.2) is 5.82 Å². The SMILES string of the molecule is COCCOCCOCCOCCOCCOCCOc1ccc(B2OC(C)(C)C(C)(C)O2)cc1-c1ccc2c(N)nnc(C)c2c1.O=C(O)C(F)(F)F. The van der Waals surface area contributed by atoms with E-state index >= 15 is 0 Å². The second kappa shape index (κ2) is 21.5. The van der Waals surface area contributed by atoms with Gasteiger partial charge in [-0.1, -0.05) is 18.2 Å². The van der Waals surface area contributed by atoms with E-state index in [2.05, 4.69) is 22.3 Å². The molecular weight excluding hydrogens is 718 g/mol. The number of benzene rings is 2. The highest BCUT2D eigenvalue weighted by atomic mass is 19.4. The maximum Gasteiger partial charge on any atom is 0.494 e. The number of anilines is 1. The lowest BCUT2D eigenvalue weighted by atomic mass is 9.77. The van der Waals surface area contributed by atoms with Crippen LogP contribution in [0.5, 0.6) is 5.75 Å². The van der Waals surface area contributed by atoms with Gasteiger partial charge in [-0.2, -0.15) is 18.3 Å². The number of aliphatic carboxylic acids is 1. The van der Waals surface area contributed by atoms with Crippen molar-refractivity contribution in [3.05, 3.63) is 42.1 Å². The Morgan fingerprint density at radius 1 is 0.759 bits per heavy atom. The van der Waals surface area contributed by atoms with Crippen LogP contribution in [0.15, 0.2) is 36.4 Å². The molecule has 18 heteroatoms. The van der Waals surface area contributed by atoms with Crippen LogP contribution in [0.25, 0.3) is 21.9 Å². The van der Waals surface area contributed by atoms with Crippen LogP contribution in [0.1, 0.15) is 33.4 Å². The van der Waals surface area contributed by atoms with Gasteiger partial charge in [0.05, 0.1) is 89.6 Å². The van der Waals surface area contributed by atoms with E-state index in [4.69, 9.17) is 58.1 Å². The maximum atomic E-state index is 10.6. The van der Waals surface area contributed by atoms with Crippen molar-refractivity contribution in [3.63, 3.8) is 0 Å². The van der Waals surface area contributed by atoms with Gasteiger partial charge in [-0.05, 0) is 63.8 Å². The van der Waals surface area contributed by atoms with E-state index in [0.29, 0.717) is 85.1 Å². The van der Waals surface area contributed by atoms with Crippen LogP contribution in [-0.2, 0) is 42.5 Å². The van der Waals surface area contributed by atoms with Gasteiger partial charge in [0.1, 0.15) is 12.4 Å². The van der Waals surface area contributed by atoms with E-state index in [1.807, 2.05) is 58.9 Å². The number of methoxy groups -OCH3 is 1. The summed E-state index contributed by atoms with van der Waals surface area (Å²) >= 11 is 0. The minimum Gasteiger partial charge on any atom is -0.491 e. The molecule has 1 aliphatic heterocycles. The Kier molecular flexibility index (Phi) is 17.8. The van der Waals surface area contributed by atoms with Crippen molar-refractivity contribution in [3.8, 4) is 16.9 Å². The van der Waals surface area contributed by atoms with Gasteiger partial charge in [-0.15, -0.1) is 5.10 Å². The van der Waals surface area contributed by atoms with Gasteiger partial charge < -0.3 is 53.3 Å². The Bertz CT molecular complexity index is 1600. The topological polar surface area (TPSA) is 172 Å². The molecule has 1 fully saturated rings. The monoisotopic (exact) mass is 769 g/mol. The minimum atomic E-state index is -5.08. The number of nitrogen functional groups attached to an aromatic ring is 1. The highest BCUT2D eigenvalue weighted by molar-refractivity contribution is 6.62. The number of carboxylic acids is 1. The summed E-state index contributed by atoms with van der Waals surface area (Å²) in [5.74, 6) is -1.64. The van der Waals surface area contributed by atoms with Crippen LogP contribution in [0.2, 0.25) is 0 Å². The number of ether oxygens (including phenoxy) is 7. The molecule has 14 nitrogen and oxygen atoms in total. The van der Waals surface area contributed by atoms with Gasteiger partial charge >= 0.3 is 19.3 Å². The Hall–Kier alpha value is -3.62. The molecule has 0 radical (unpaired) electrons. The molecule has 3 aromatic rings. The molecule has 0 saturated carbocycles. The van der Waals surface area contributed by atoms with E-state index in [1.165, 1.54) is 0 Å². The first-order valence-corrected chi connectivity index (χ1v) is 17.4. The second-order valence-corrected chi connectivity index (χ2v) is 13.0. The van der Waals surface area contributed by atoms with E-state index < -0.39 is 30.5 Å². The first-order valence-electron chi connectivity index (χ1n) is 17.4. The molecule has 0 atom stereocenters. The molecule has 0 aliphatic carbocycles. The molecule has 0 amide bonds. The number of alkyl halides is 3. The number of fused-ring (bicyclic) bond motifs is 1. The van der Waals surface area contributed by atoms with E-state index in [0.717, 1.165) is 38.8 Å². The molecule has 1 aliphatic rings. The zero-order valence-corrected chi connectivity index (χ0v) is 31.7. The number of carbonyl (C=O) groups is 1. The summed E-state index contributed by atoms with van der Waals surface area (Å²) in [7, 11) is 1.14. The normalized spacial score (nSPS) is 14.9. The van der Waals surface area contributed by atoms with Crippen molar-refractivity contribution in [2.75, 3.05) is 92.1 Å². The lowest BCUT2D eigenvalue weighted by Crippen LogP contribution is -2.41. The van der Waals surface area contributed by atoms with Crippen molar-refractivity contribution >= 4 is 35.1 Å². The fourth-order valence-corrected chi connectivity index (χ4v) is 4.83. The lowest BCUT2D eigenvalue weighted by Gasteiger charge is -2.32. The van der Waals surface area contributed by atoms with E-state index in [9.17, 15) is 13.2 Å². The average Bonchev–Trinajstić information content (AvgIpc) is 3.34. The summed E-state index contributed by atoms with van der Waals surface area (Å²) in [6.45, 7) is 16.1. The molecular formula is C36H51BF3N3O11. The van der Waals surface area contributed by atoms with Gasteiger partial charge in [0.25, 0.3) is 0 Å². The highest BCUT2D eigenvalue weighted by Crippen LogP contribution is 2.38. The average molecular weight is 770 g/mol. The zero-order valence-electron chi connectivity index (χ0n) is 31.7. The smallest absolute Gasteiger partial charge is 0.491 e. The van der Waals surface area contributed by atoms with Crippen molar-refractivity contribution in [1.29, 1.82) is 0 Å². The first kappa shape index (κ1) is 44.8. The van der Waals surface area contributed by atoms with E-state index in [1.54, 1.807) is 7.11 Å². The summed E-state index contributed by atoms with van der Waals surface area (Å²) in [4.78, 5) is 8.90. The Labute approximate surface area is 313 Å². The fourth-order valence-electron chi connectivity index (χ4n) is 4.83. The van der Waals surface area contributed by atoms with Crippen molar-refractivity contribution in [2.24, 2.45) is 0 Å². The van der Waals surface area contributed by atoms with Crippen LogP contribution < -0.4 is 15.9 Å². The molecule has 1 saturated heterocycles. The number of nitrogens with zero attached hydrogens (tertiary/aromatic N) is 2. The van der Waals surface area contributed by atoms with Crippen LogP contribution in [-0.4, -0.2) is 132 Å². The number of rotatable bonds is 21. The molecule has 0 spiro atoms. The number of aryl methyl sites for hydroxylation is 1. The number of nitrogens with two attached hydrogens (primary N) is 1. The minimum absolute atomic E-state index is 0.369. The maximum absolute atomic E-state index is 10.6. The molecule has 0 unspecified atom stereocenters. The van der Waals surface area contributed by atoms with Crippen molar-refractivity contribution in [2.45, 2.75) is 52.0 Å². The predicted molar refractivity (Wildman–Crippen MR) is 195 cm³/mol. The van der Waals surface area contributed by atoms with Crippen molar-refractivity contribution in [1.82, 2.24) is 10.2 Å². The number of hydrogen-bond donors (Lipinski definition) is 2. The third-order valence-electron chi connectivity index (χ3n) is 8.48. The standard InChI is InChI=1S/C34H50BN3O9.C2HF3O2/c1-25-29-23-26(7-9-28(29)32(36)38-37-25)30-24-27(35-46-33(2,3)34(4,5)47-35)8-10-31(30)45-22-21-44-20-19-43-18-17-42-16-15-41-14-13-40-12-11-39-6;3-2(4,5)1(6)7/h7-10,23-24H,11-22H2,1-6H3,(H2,36,38);(H,6,7). The molecule has 300 valence electrons. The number of hydrogen-bond acceptors (Lipinski definition) is 13. The number of halogens is 3. The van der Waals surface area contributed by atoms with E-state index in [-0.39, 0.29) is 0 Å². The van der Waals surface area contributed by atoms with Crippen molar-refractivity contribution < 1.29 is 65.5 Å². The largest absolute Gasteiger partial charge is 0.494 e. The Morgan fingerprint density at radius 2 is 1.24 bits per heavy atom. The first-order chi connectivity index (χ1) is 25.6. The molecule has 2 heterocycles. The van der Waals surface area contributed by atoms with Crippen LogP contribution >= 0.6 is 0 Å². The zero-order chi connectivity index (χ0) is 39.8. The molecule has 1 aromatic heterocycles. The van der Waals surface area contributed by atoms with Gasteiger partial charge in [-0.3, -0.25) is 0 Å². The van der Waals surface area contributed by atoms with Crippen LogP contribution in [0.4, 0.5) is 19.0 Å². The third kappa shape index (κ3) is 13.9. The third-order valence-corrected chi connectivity index (χ3v) is 8.48. The summed E-state index contributed by atoms with van der Waals surface area (Å²) in [6.07, 6.45) is -5.08. The van der Waals surface area contributed by atoms with Crippen LogP contribution in [0, 0.1) is 6.92 Å². The summed E-state index contributed by atoms with van der Waals surface area (Å²) < 4.78 is 83.2. The molecule has 4 rings (SSSR count). The summed E-state index contributed by atoms with van der Waals surface area (Å²) in [5, 5.41) is 17.2. The van der Waals surface area contributed by atoms with Gasteiger partial charge in [0.2, 0.25) is 0 Å². The Morgan fingerprint density at radius 3 is 1.72 bits per heavy atom. The van der Waals surface area contributed by atoms with Gasteiger partial charge in [0, 0.05) is 23.4 Å². The predicted octanol–water partition coefficient (Wildman–Crippen LogP) is 4.23. The Balaban J connectivity index is 0.00000102. The second-order valence-electron chi connectivity index (χ2n) is 13.0. The lowest BCUT2D eigenvalue weighted by molar-refractivity contribution is -0.192. The quantitative estimate of drug-likeness (QED) is 0.117. The summed E-state index contributed by atoms with van der Waals surface area (Å²) in [5.41, 5.74) is 8.77. The molecule has 2 aromatic carbocycles. The van der Waals surface area contributed by atoms with Gasteiger partial charge in [-0.25, -0.2) is 4.79 Å². The number of carboxylic acid groups (broad SMARTS) is 1. The summed E-state index contributed by atoms with van der Waals surface area (Å²) in [6, 6.07) is 12.1. The molecule has 3 N–H and O–H groups in total.